The fourth-order valence-corrected chi connectivity index (χ4v) is 5.45. The highest BCUT2D eigenvalue weighted by atomic mass is 16.5. The molecular weight excluding hydrogens is 562 g/mol. The first kappa shape index (κ1) is 30.7. The molecule has 2 fully saturated rings. The van der Waals surface area contributed by atoms with Gasteiger partial charge >= 0.3 is 6.09 Å². The molecule has 0 spiro atoms. The number of hydrogen-bond donors (Lipinski definition) is 2. The van der Waals surface area contributed by atoms with Crippen LogP contribution >= 0.6 is 0 Å². The van der Waals surface area contributed by atoms with Gasteiger partial charge in [-0.15, -0.1) is 0 Å². The molecular formula is C33H39N5O6. The zero-order chi connectivity index (χ0) is 30.9. The number of nitrogens with one attached hydrogen (secondary N) is 2. The summed E-state index contributed by atoms with van der Waals surface area (Å²) in [5, 5.41) is 6.20. The SMILES string of the molecule is COc1ccc(C(=O)N2CCN(c3ccc(C(=O)N4CCCNCC4)cc3NC(=O)OCc3ccccc3)CC2)cc1OC. The average molecular weight is 602 g/mol. The van der Waals surface area contributed by atoms with Crippen LogP contribution < -0.4 is 25.0 Å². The summed E-state index contributed by atoms with van der Waals surface area (Å²) in [4.78, 5) is 45.4. The summed E-state index contributed by atoms with van der Waals surface area (Å²) in [5.74, 6) is 0.885. The van der Waals surface area contributed by atoms with E-state index < -0.39 is 6.09 Å². The molecule has 3 amide bonds. The lowest BCUT2D eigenvalue weighted by Gasteiger charge is -2.37. The molecule has 0 radical (unpaired) electrons. The molecule has 0 aliphatic carbocycles. The largest absolute Gasteiger partial charge is 0.493 e. The lowest BCUT2D eigenvalue weighted by atomic mass is 10.1. The number of nitrogens with zero attached hydrogens (tertiary/aromatic N) is 3. The Morgan fingerprint density at radius 1 is 0.750 bits per heavy atom. The number of rotatable bonds is 8. The van der Waals surface area contributed by atoms with E-state index in [1.807, 2.05) is 41.3 Å². The number of anilines is 2. The van der Waals surface area contributed by atoms with Gasteiger partial charge in [-0.05, 0) is 54.9 Å². The number of benzene rings is 3. The van der Waals surface area contributed by atoms with E-state index in [2.05, 4.69) is 15.5 Å². The minimum absolute atomic E-state index is 0.0775. The lowest BCUT2D eigenvalue weighted by Crippen LogP contribution is -2.49. The van der Waals surface area contributed by atoms with E-state index in [-0.39, 0.29) is 18.4 Å². The molecule has 0 bridgehead atoms. The van der Waals surface area contributed by atoms with Gasteiger partial charge in [-0.25, -0.2) is 4.79 Å². The predicted molar refractivity (Wildman–Crippen MR) is 168 cm³/mol. The van der Waals surface area contributed by atoms with Crippen LogP contribution in [0.1, 0.15) is 32.7 Å². The van der Waals surface area contributed by atoms with Crippen molar-refractivity contribution >= 4 is 29.3 Å². The van der Waals surface area contributed by atoms with Crippen molar-refractivity contribution in [1.29, 1.82) is 0 Å². The van der Waals surface area contributed by atoms with Crippen LogP contribution in [-0.2, 0) is 11.3 Å². The highest BCUT2D eigenvalue weighted by Crippen LogP contribution is 2.31. The van der Waals surface area contributed by atoms with E-state index in [1.54, 1.807) is 42.3 Å². The van der Waals surface area contributed by atoms with E-state index in [0.29, 0.717) is 67.6 Å². The molecule has 0 saturated carbocycles. The first-order valence-corrected chi connectivity index (χ1v) is 14.8. The van der Waals surface area contributed by atoms with Crippen LogP contribution in [0.5, 0.6) is 11.5 Å². The maximum absolute atomic E-state index is 13.4. The average Bonchev–Trinajstić information content (AvgIpc) is 3.37. The van der Waals surface area contributed by atoms with Crippen LogP contribution in [0.2, 0.25) is 0 Å². The Labute approximate surface area is 257 Å². The number of ether oxygens (including phenoxy) is 3. The third kappa shape index (κ3) is 7.41. The summed E-state index contributed by atoms with van der Waals surface area (Å²) in [7, 11) is 3.09. The van der Waals surface area contributed by atoms with Crippen LogP contribution in [0.15, 0.2) is 66.7 Å². The van der Waals surface area contributed by atoms with Crippen LogP contribution in [-0.4, -0.2) is 94.3 Å². The first-order chi connectivity index (χ1) is 21.5. The predicted octanol–water partition coefficient (Wildman–Crippen LogP) is 3.85. The number of amides is 3. The van der Waals surface area contributed by atoms with Gasteiger partial charge in [0, 0.05) is 56.9 Å². The Hall–Kier alpha value is -4.77. The molecule has 2 aliphatic rings. The van der Waals surface area contributed by atoms with Crippen molar-refractivity contribution in [3.8, 4) is 11.5 Å². The minimum Gasteiger partial charge on any atom is -0.493 e. The molecule has 3 aromatic rings. The Kier molecular flexibility index (Phi) is 10.2. The van der Waals surface area contributed by atoms with Crippen molar-refractivity contribution in [3.63, 3.8) is 0 Å². The molecule has 2 saturated heterocycles. The summed E-state index contributed by atoms with van der Waals surface area (Å²) in [6.07, 6.45) is 0.272. The molecule has 44 heavy (non-hydrogen) atoms. The standard InChI is InChI=1S/C33H39N5O6/c1-42-29-12-10-26(22-30(29)43-2)32(40)38-19-17-36(18-20-38)28-11-9-25(31(39)37-15-6-13-34-14-16-37)21-27(28)35-33(41)44-23-24-7-4-3-5-8-24/h3-5,7-12,21-22,34H,6,13-20,23H2,1-2H3,(H,35,41). The number of piperazine rings is 1. The summed E-state index contributed by atoms with van der Waals surface area (Å²) in [6.45, 7) is 5.08. The van der Waals surface area contributed by atoms with Gasteiger partial charge in [0.2, 0.25) is 0 Å². The number of methoxy groups -OCH3 is 2. The Morgan fingerprint density at radius 3 is 2.16 bits per heavy atom. The van der Waals surface area contributed by atoms with Crippen LogP contribution in [0, 0.1) is 0 Å². The molecule has 5 rings (SSSR count). The van der Waals surface area contributed by atoms with Crippen molar-refractivity contribution in [1.82, 2.24) is 15.1 Å². The van der Waals surface area contributed by atoms with Gasteiger partial charge in [0.05, 0.1) is 25.6 Å². The molecule has 11 heteroatoms. The highest BCUT2D eigenvalue weighted by molar-refractivity contribution is 5.99. The summed E-state index contributed by atoms with van der Waals surface area (Å²) >= 11 is 0. The molecule has 2 heterocycles. The first-order valence-electron chi connectivity index (χ1n) is 14.8. The Morgan fingerprint density at radius 2 is 1.43 bits per heavy atom. The van der Waals surface area contributed by atoms with E-state index >= 15 is 0 Å². The van der Waals surface area contributed by atoms with Crippen molar-refractivity contribution in [3.05, 3.63) is 83.4 Å². The lowest BCUT2D eigenvalue weighted by molar-refractivity contribution is 0.0743. The second kappa shape index (κ2) is 14.6. The van der Waals surface area contributed by atoms with E-state index in [1.165, 1.54) is 7.11 Å². The van der Waals surface area contributed by atoms with E-state index in [9.17, 15) is 14.4 Å². The molecule has 0 atom stereocenters. The summed E-state index contributed by atoms with van der Waals surface area (Å²) < 4.78 is 16.2. The molecule has 2 N–H and O–H groups in total. The zero-order valence-electron chi connectivity index (χ0n) is 25.2. The second-order valence-electron chi connectivity index (χ2n) is 10.7. The normalized spacial score (nSPS) is 15.3. The van der Waals surface area contributed by atoms with Crippen LogP contribution in [0.25, 0.3) is 0 Å². The van der Waals surface area contributed by atoms with Gasteiger partial charge in [0.15, 0.2) is 11.5 Å². The van der Waals surface area contributed by atoms with Gasteiger partial charge < -0.3 is 34.2 Å². The van der Waals surface area contributed by atoms with Crippen molar-refractivity contribution in [2.24, 2.45) is 0 Å². The van der Waals surface area contributed by atoms with Gasteiger partial charge in [-0.2, -0.15) is 0 Å². The smallest absolute Gasteiger partial charge is 0.412 e. The zero-order valence-corrected chi connectivity index (χ0v) is 25.2. The number of hydrogen-bond acceptors (Lipinski definition) is 8. The molecule has 0 unspecified atom stereocenters. The van der Waals surface area contributed by atoms with E-state index in [0.717, 1.165) is 30.8 Å². The van der Waals surface area contributed by atoms with Gasteiger partial charge in [-0.3, -0.25) is 14.9 Å². The summed E-state index contributed by atoms with van der Waals surface area (Å²) in [6, 6.07) is 20.0. The van der Waals surface area contributed by atoms with E-state index in [4.69, 9.17) is 14.2 Å². The second-order valence-corrected chi connectivity index (χ2v) is 10.7. The van der Waals surface area contributed by atoms with Gasteiger partial charge in [-0.1, -0.05) is 30.3 Å². The molecule has 2 aliphatic heterocycles. The van der Waals surface area contributed by atoms with Crippen molar-refractivity contribution in [2.45, 2.75) is 13.0 Å². The topological polar surface area (TPSA) is 113 Å². The van der Waals surface area contributed by atoms with Gasteiger partial charge in [0.1, 0.15) is 6.61 Å². The minimum atomic E-state index is -0.610. The third-order valence-corrected chi connectivity index (χ3v) is 7.86. The molecule has 232 valence electrons. The van der Waals surface area contributed by atoms with Crippen molar-refractivity contribution < 1.29 is 28.6 Å². The van der Waals surface area contributed by atoms with Gasteiger partial charge in [0.25, 0.3) is 11.8 Å². The summed E-state index contributed by atoms with van der Waals surface area (Å²) in [5.41, 5.74) is 3.13. The Balaban J connectivity index is 1.31. The molecule has 0 aromatic heterocycles. The number of carbonyl (C=O) groups is 3. The third-order valence-electron chi connectivity index (χ3n) is 7.86. The fourth-order valence-electron chi connectivity index (χ4n) is 5.45. The van der Waals surface area contributed by atoms with Crippen LogP contribution in [0.4, 0.5) is 16.2 Å². The fraction of sp³-hybridized carbons (Fsp3) is 0.364. The number of carbonyl (C=O) groups excluding carboxylic acids is 3. The molecule has 11 nitrogen and oxygen atoms in total. The maximum Gasteiger partial charge on any atom is 0.412 e. The maximum atomic E-state index is 13.4. The van der Waals surface area contributed by atoms with Crippen LogP contribution in [0.3, 0.4) is 0 Å². The highest BCUT2D eigenvalue weighted by Gasteiger charge is 2.26. The van der Waals surface area contributed by atoms with Crippen molar-refractivity contribution in [2.75, 3.05) is 76.8 Å². The Bertz CT molecular complexity index is 1450. The quantitative estimate of drug-likeness (QED) is 0.401. The molecule has 3 aromatic carbocycles. The monoisotopic (exact) mass is 601 g/mol.